The zero-order valence-corrected chi connectivity index (χ0v) is 6.51. The molecule has 0 atom stereocenters. The van der Waals surface area contributed by atoms with Crippen molar-refractivity contribution in [3.05, 3.63) is 35.4 Å². The molecule has 0 radical (unpaired) electrons. The molecule has 0 saturated heterocycles. The van der Waals surface area contributed by atoms with Gasteiger partial charge in [-0.3, -0.25) is 0 Å². The fourth-order valence-corrected chi connectivity index (χ4v) is 0.969. The zero-order valence-electron chi connectivity index (χ0n) is 6.51. The standard InChI is InChI=1S/C9H11FO/c1-11-7-9-4-2-3-8(5-9)6-10/h2-5H,6-7H2,1H3. The summed E-state index contributed by atoms with van der Waals surface area (Å²) in [4.78, 5) is 0. The van der Waals surface area contributed by atoms with E-state index in [2.05, 4.69) is 0 Å². The monoisotopic (exact) mass is 154 g/mol. The van der Waals surface area contributed by atoms with Crippen molar-refractivity contribution >= 4 is 0 Å². The quantitative estimate of drug-likeness (QED) is 0.649. The minimum atomic E-state index is -0.405. The van der Waals surface area contributed by atoms with E-state index >= 15 is 0 Å². The number of halogens is 1. The average Bonchev–Trinajstić information content (AvgIpc) is 2.06. The van der Waals surface area contributed by atoms with E-state index in [9.17, 15) is 4.39 Å². The predicted molar refractivity (Wildman–Crippen MR) is 42.0 cm³/mol. The van der Waals surface area contributed by atoms with E-state index < -0.39 is 6.67 Å². The van der Waals surface area contributed by atoms with E-state index in [0.29, 0.717) is 12.2 Å². The molecule has 11 heavy (non-hydrogen) atoms. The summed E-state index contributed by atoms with van der Waals surface area (Å²) in [6.45, 7) is 0.144. The predicted octanol–water partition coefficient (Wildman–Crippen LogP) is 2.30. The first-order valence-electron chi connectivity index (χ1n) is 3.49. The van der Waals surface area contributed by atoms with Crippen LogP contribution in [0.5, 0.6) is 0 Å². The Labute approximate surface area is 65.8 Å². The van der Waals surface area contributed by atoms with E-state index in [1.54, 1.807) is 13.2 Å². The third-order valence-corrected chi connectivity index (χ3v) is 1.46. The molecule has 0 heterocycles. The van der Waals surface area contributed by atoms with Gasteiger partial charge in [-0.25, -0.2) is 4.39 Å². The molecule has 1 aromatic rings. The van der Waals surface area contributed by atoms with Gasteiger partial charge in [-0.1, -0.05) is 24.3 Å². The molecule has 0 aliphatic rings. The van der Waals surface area contributed by atoms with Crippen LogP contribution in [-0.2, 0) is 18.0 Å². The highest BCUT2D eigenvalue weighted by atomic mass is 19.1. The zero-order chi connectivity index (χ0) is 8.10. The number of benzene rings is 1. The average molecular weight is 154 g/mol. The second kappa shape index (κ2) is 4.09. The van der Waals surface area contributed by atoms with E-state index in [1.807, 2.05) is 18.2 Å². The van der Waals surface area contributed by atoms with Gasteiger partial charge in [0.05, 0.1) is 6.61 Å². The number of hydrogen-bond acceptors (Lipinski definition) is 1. The summed E-state index contributed by atoms with van der Waals surface area (Å²) in [5.74, 6) is 0. The van der Waals surface area contributed by atoms with E-state index in [1.165, 1.54) is 0 Å². The van der Waals surface area contributed by atoms with Gasteiger partial charge in [0.1, 0.15) is 6.67 Å². The first-order valence-corrected chi connectivity index (χ1v) is 3.49. The molecule has 0 aliphatic heterocycles. The summed E-state index contributed by atoms with van der Waals surface area (Å²) in [5, 5.41) is 0. The van der Waals surface area contributed by atoms with Crippen LogP contribution < -0.4 is 0 Å². The Kier molecular flexibility index (Phi) is 3.05. The Morgan fingerprint density at radius 1 is 1.36 bits per heavy atom. The molecule has 0 unspecified atom stereocenters. The summed E-state index contributed by atoms with van der Waals surface area (Å²) in [6.07, 6.45) is 0. The van der Waals surface area contributed by atoms with Crippen LogP contribution in [0.25, 0.3) is 0 Å². The summed E-state index contributed by atoms with van der Waals surface area (Å²) in [7, 11) is 1.63. The van der Waals surface area contributed by atoms with Crippen LogP contribution in [0.3, 0.4) is 0 Å². The highest BCUT2D eigenvalue weighted by Gasteiger charge is 1.93. The molecule has 0 amide bonds. The van der Waals surface area contributed by atoms with E-state index in [-0.39, 0.29) is 0 Å². The van der Waals surface area contributed by atoms with Gasteiger partial charge >= 0.3 is 0 Å². The Hall–Kier alpha value is -0.890. The molecule has 1 nitrogen and oxygen atoms in total. The lowest BCUT2D eigenvalue weighted by Gasteiger charge is -2.00. The molecule has 60 valence electrons. The minimum Gasteiger partial charge on any atom is -0.380 e. The van der Waals surface area contributed by atoms with Crippen molar-refractivity contribution < 1.29 is 9.13 Å². The highest BCUT2D eigenvalue weighted by molar-refractivity contribution is 5.22. The topological polar surface area (TPSA) is 9.23 Å². The maximum atomic E-state index is 12.1. The minimum absolute atomic E-state index is 0.405. The second-order valence-electron chi connectivity index (χ2n) is 2.39. The second-order valence-corrected chi connectivity index (χ2v) is 2.39. The molecular formula is C9H11FO. The van der Waals surface area contributed by atoms with Gasteiger partial charge in [0.2, 0.25) is 0 Å². The van der Waals surface area contributed by atoms with Gasteiger partial charge in [-0.05, 0) is 11.1 Å². The molecule has 0 spiro atoms. The Balaban J connectivity index is 2.74. The molecule has 2 heteroatoms. The smallest absolute Gasteiger partial charge is 0.115 e. The van der Waals surface area contributed by atoms with Crippen LogP contribution in [0.2, 0.25) is 0 Å². The van der Waals surface area contributed by atoms with Crippen LogP contribution in [0.1, 0.15) is 11.1 Å². The van der Waals surface area contributed by atoms with Crippen LogP contribution in [0.4, 0.5) is 4.39 Å². The van der Waals surface area contributed by atoms with Crippen LogP contribution in [0, 0.1) is 0 Å². The third-order valence-electron chi connectivity index (χ3n) is 1.46. The third kappa shape index (κ3) is 2.31. The number of ether oxygens (including phenoxy) is 1. The van der Waals surface area contributed by atoms with Gasteiger partial charge in [-0.2, -0.15) is 0 Å². The number of rotatable bonds is 3. The van der Waals surface area contributed by atoms with Crippen molar-refractivity contribution in [2.24, 2.45) is 0 Å². The molecular weight excluding hydrogens is 143 g/mol. The molecule has 0 bridgehead atoms. The van der Waals surface area contributed by atoms with Crippen molar-refractivity contribution in [2.75, 3.05) is 7.11 Å². The van der Waals surface area contributed by atoms with Crippen molar-refractivity contribution in [3.63, 3.8) is 0 Å². The molecule has 1 rings (SSSR count). The number of alkyl halides is 1. The Morgan fingerprint density at radius 3 is 2.73 bits per heavy atom. The summed E-state index contributed by atoms with van der Waals surface area (Å²) >= 11 is 0. The van der Waals surface area contributed by atoms with Gasteiger partial charge in [0.25, 0.3) is 0 Å². The van der Waals surface area contributed by atoms with Crippen LogP contribution in [-0.4, -0.2) is 7.11 Å². The van der Waals surface area contributed by atoms with Crippen LogP contribution in [0.15, 0.2) is 24.3 Å². The highest BCUT2D eigenvalue weighted by Crippen LogP contribution is 2.06. The van der Waals surface area contributed by atoms with Gasteiger partial charge in [0.15, 0.2) is 0 Å². The lowest BCUT2D eigenvalue weighted by atomic mass is 10.1. The fourth-order valence-electron chi connectivity index (χ4n) is 0.969. The summed E-state index contributed by atoms with van der Waals surface area (Å²) in [6, 6.07) is 7.33. The fraction of sp³-hybridized carbons (Fsp3) is 0.333. The van der Waals surface area contributed by atoms with Crippen LogP contribution >= 0.6 is 0 Å². The van der Waals surface area contributed by atoms with Gasteiger partial charge < -0.3 is 4.74 Å². The van der Waals surface area contributed by atoms with Crippen molar-refractivity contribution in [1.29, 1.82) is 0 Å². The maximum absolute atomic E-state index is 12.1. The molecule has 1 aromatic carbocycles. The SMILES string of the molecule is COCc1cccc(CF)c1. The van der Waals surface area contributed by atoms with Gasteiger partial charge in [-0.15, -0.1) is 0 Å². The molecule has 0 N–H and O–H groups in total. The number of methoxy groups -OCH3 is 1. The number of hydrogen-bond donors (Lipinski definition) is 0. The summed E-state index contributed by atoms with van der Waals surface area (Å²) in [5.41, 5.74) is 1.72. The molecule has 0 fully saturated rings. The van der Waals surface area contributed by atoms with Gasteiger partial charge in [0, 0.05) is 7.11 Å². The van der Waals surface area contributed by atoms with E-state index in [0.717, 1.165) is 5.56 Å². The Bertz CT molecular complexity index is 223. The lowest BCUT2D eigenvalue weighted by molar-refractivity contribution is 0.185. The maximum Gasteiger partial charge on any atom is 0.115 e. The van der Waals surface area contributed by atoms with Crippen molar-refractivity contribution in [1.82, 2.24) is 0 Å². The first kappa shape index (κ1) is 8.21. The normalized spacial score (nSPS) is 10.0. The molecule has 0 aromatic heterocycles. The first-order chi connectivity index (χ1) is 5.36. The van der Waals surface area contributed by atoms with E-state index in [4.69, 9.17) is 4.74 Å². The Morgan fingerprint density at radius 2 is 2.09 bits per heavy atom. The van der Waals surface area contributed by atoms with Crippen molar-refractivity contribution in [3.8, 4) is 0 Å². The summed E-state index contributed by atoms with van der Waals surface area (Å²) < 4.78 is 17.0. The van der Waals surface area contributed by atoms with Crippen molar-refractivity contribution in [2.45, 2.75) is 13.3 Å². The molecule has 0 aliphatic carbocycles. The molecule has 0 saturated carbocycles. The lowest BCUT2D eigenvalue weighted by Crippen LogP contribution is -1.88. The largest absolute Gasteiger partial charge is 0.380 e.